The molecular weight excluding hydrogens is 527 g/mol. The molecule has 0 spiro atoms. The number of carbonyl (C=O) groups excluding carboxylic acids is 1. The second kappa shape index (κ2) is 11.3. The highest BCUT2D eigenvalue weighted by Crippen LogP contribution is 2.52. The zero-order valence-electron chi connectivity index (χ0n) is 21.6. The first-order chi connectivity index (χ1) is 18.8. The third-order valence-electron chi connectivity index (χ3n) is 7.14. The number of hydrogen-bond acceptors (Lipinski definition) is 4. The fourth-order valence-corrected chi connectivity index (χ4v) is 8.05. The Hall–Kier alpha value is -3.51. The summed E-state index contributed by atoms with van der Waals surface area (Å²) in [5, 5.41) is 7.97. The summed E-state index contributed by atoms with van der Waals surface area (Å²) in [6.07, 6.45) is 1.84. The number of carbonyl (C=O) groups is 1. The number of nitrogens with one attached hydrogen (secondary N) is 2. The summed E-state index contributed by atoms with van der Waals surface area (Å²) in [5.41, 5.74) is 1.81. The van der Waals surface area contributed by atoms with Crippen LogP contribution in [-0.4, -0.2) is 20.6 Å². The molecule has 0 aliphatic heterocycles. The minimum absolute atomic E-state index is 0.0271. The normalized spacial score (nSPS) is 17.8. The van der Waals surface area contributed by atoms with Gasteiger partial charge in [0.05, 0.1) is 4.90 Å². The maximum Gasteiger partial charge on any atom is 0.223 e. The van der Waals surface area contributed by atoms with Gasteiger partial charge in [-0.25, -0.2) is 8.42 Å². The molecular formula is C31H31N2O4PS. The number of benzene rings is 4. The van der Waals surface area contributed by atoms with E-state index in [1.165, 1.54) is 6.26 Å². The van der Waals surface area contributed by atoms with Gasteiger partial charge in [0.25, 0.3) is 0 Å². The van der Waals surface area contributed by atoms with Crippen LogP contribution < -0.4 is 21.0 Å². The molecule has 4 aromatic carbocycles. The maximum absolute atomic E-state index is 14.8. The summed E-state index contributed by atoms with van der Waals surface area (Å²) in [5.74, 6) is -0.317. The van der Waals surface area contributed by atoms with Gasteiger partial charge in [0.1, 0.15) is 0 Å². The Bertz CT molecular complexity index is 1530. The summed E-state index contributed by atoms with van der Waals surface area (Å²) in [4.78, 5) is 13.4. The van der Waals surface area contributed by atoms with Crippen molar-refractivity contribution in [2.45, 2.75) is 23.9 Å². The maximum atomic E-state index is 14.8. The first-order valence-electron chi connectivity index (χ1n) is 12.9. The summed E-state index contributed by atoms with van der Waals surface area (Å²) < 4.78 is 38.2. The Morgan fingerprint density at radius 3 is 1.85 bits per heavy atom. The molecule has 0 aromatic heterocycles. The second-order valence-electron chi connectivity index (χ2n) is 9.94. The third-order valence-corrected chi connectivity index (χ3v) is 11.0. The van der Waals surface area contributed by atoms with E-state index >= 15 is 0 Å². The van der Waals surface area contributed by atoms with Gasteiger partial charge < -0.3 is 5.32 Å². The van der Waals surface area contributed by atoms with Gasteiger partial charge in [0.15, 0.2) is 9.84 Å². The molecule has 6 nitrogen and oxygen atoms in total. The highest BCUT2D eigenvalue weighted by atomic mass is 32.2. The first kappa shape index (κ1) is 27.1. The zero-order valence-corrected chi connectivity index (χ0v) is 23.3. The molecule has 4 aromatic rings. The van der Waals surface area contributed by atoms with Crippen molar-refractivity contribution in [3.63, 3.8) is 0 Å². The lowest BCUT2D eigenvalue weighted by atomic mass is 10.0. The van der Waals surface area contributed by atoms with Gasteiger partial charge in [0, 0.05) is 35.4 Å². The Balaban J connectivity index is 1.36. The average Bonchev–Trinajstić information content (AvgIpc) is 3.77. The van der Waals surface area contributed by atoms with E-state index < -0.39 is 17.1 Å². The van der Waals surface area contributed by atoms with Crippen molar-refractivity contribution in [3.05, 3.63) is 126 Å². The van der Waals surface area contributed by atoms with Crippen molar-refractivity contribution in [1.29, 1.82) is 0 Å². The summed E-state index contributed by atoms with van der Waals surface area (Å²) >= 11 is 0. The quantitative estimate of drug-likeness (QED) is 0.278. The lowest BCUT2D eigenvalue weighted by Crippen LogP contribution is -2.33. The fourth-order valence-electron chi connectivity index (χ4n) is 4.91. The highest BCUT2D eigenvalue weighted by molar-refractivity contribution is 7.90. The van der Waals surface area contributed by atoms with E-state index in [0.717, 1.165) is 21.7 Å². The largest absolute Gasteiger partial charge is 0.352 e. The SMILES string of the molecule is CS(=O)(=O)c1ccc(CNC(=O)[C@H]2C[C@H]2[C@H](NP(=O)(c2ccccc2)c2ccccc2)c2ccccc2)cc1. The minimum Gasteiger partial charge on any atom is -0.352 e. The van der Waals surface area contributed by atoms with Crippen LogP contribution in [-0.2, 0) is 25.7 Å². The van der Waals surface area contributed by atoms with Crippen LogP contribution in [0.25, 0.3) is 0 Å². The van der Waals surface area contributed by atoms with Crippen LogP contribution in [0, 0.1) is 11.8 Å². The van der Waals surface area contributed by atoms with E-state index in [1.807, 2.05) is 91.0 Å². The van der Waals surface area contributed by atoms with Crippen LogP contribution in [0.5, 0.6) is 0 Å². The van der Waals surface area contributed by atoms with E-state index in [9.17, 15) is 17.8 Å². The third kappa shape index (κ3) is 6.22. The van der Waals surface area contributed by atoms with E-state index in [4.69, 9.17) is 0 Å². The number of amides is 1. The predicted octanol–water partition coefficient (Wildman–Crippen LogP) is 4.60. The summed E-state index contributed by atoms with van der Waals surface area (Å²) in [7, 11) is -6.50. The van der Waals surface area contributed by atoms with Crippen LogP contribution in [0.1, 0.15) is 23.6 Å². The van der Waals surface area contributed by atoms with Crippen molar-refractivity contribution in [2.24, 2.45) is 11.8 Å². The number of sulfone groups is 1. The van der Waals surface area contributed by atoms with Gasteiger partial charge in [0.2, 0.25) is 13.2 Å². The highest BCUT2D eigenvalue weighted by Gasteiger charge is 2.50. The monoisotopic (exact) mass is 558 g/mol. The van der Waals surface area contributed by atoms with Crippen LogP contribution >= 0.6 is 7.29 Å². The molecule has 0 unspecified atom stereocenters. The van der Waals surface area contributed by atoms with Gasteiger partial charge in [-0.3, -0.25) is 14.4 Å². The van der Waals surface area contributed by atoms with Crippen LogP contribution in [0.3, 0.4) is 0 Å². The first-order valence-corrected chi connectivity index (χ1v) is 16.5. The Labute approximate surface area is 229 Å². The molecule has 3 atom stereocenters. The molecule has 2 N–H and O–H groups in total. The van der Waals surface area contributed by atoms with Gasteiger partial charge in [-0.15, -0.1) is 0 Å². The van der Waals surface area contributed by atoms with E-state index in [1.54, 1.807) is 24.3 Å². The molecule has 1 aliphatic carbocycles. The van der Waals surface area contributed by atoms with Crippen molar-refractivity contribution in [2.75, 3.05) is 6.26 Å². The molecule has 1 fully saturated rings. The Morgan fingerprint density at radius 2 is 1.33 bits per heavy atom. The van der Waals surface area contributed by atoms with Crippen molar-refractivity contribution < 1.29 is 17.8 Å². The molecule has 1 aliphatic rings. The predicted molar refractivity (Wildman–Crippen MR) is 155 cm³/mol. The average molecular weight is 559 g/mol. The molecule has 0 heterocycles. The number of hydrogen-bond donors (Lipinski definition) is 2. The number of rotatable bonds is 10. The van der Waals surface area contributed by atoms with Crippen LogP contribution in [0.2, 0.25) is 0 Å². The van der Waals surface area contributed by atoms with Gasteiger partial charge in [-0.1, -0.05) is 78.9 Å². The molecule has 1 amide bonds. The standard InChI is InChI=1S/C31H31N2O4PS/c1-39(36,37)27-19-17-23(18-20-27)22-32-31(34)29-21-28(29)30(24-11-5-2-6-12-24)33-38(35,25-13-7-3-8-14-25)26-15-9-4-10-16-26/h2-20,28-30H,21-22H2,1H3,(H,32,34)(H,33,35)/t28-,29+,30-/m1/s1. The Kier molecular flexibility index (Phi) is 7.85. The van der Waals surface area contributed by atoms with Crippen molar-refractivity contribution in [3.8, 4) is 0 Å². The minimum atomic E-state index is -3.27. The molecule has 39 heavy (non-hydrogen) atoms. The van der Waals surface area contributed by atoms with Gasteiger partial charge in [-0.05, 0) is 59.9 Å². The van der Waals surface area contributed by atoms with E-state index in [-0.39, 0.29) is 28.7 Å². The lowest BCUT2D eigenvalue weighted by molar-refractivity contribution is -0.122. The smallest absolute Gasteiger partial charge is 0.223 e. The summed E-state index contributed by atoms with van der Waals surface area (Å²) in [6, 6.07) is 35.0. The van der Waals surface area contributed by atoms with E-state index in [0.29, 0.717) is 13.0 Å². The Morgan fingerprint density at radius 1 is 0.821 bits per heavy atom. The molecule has 0 saturated heterocycles. The van der Waals surface area contributed by atoms with Crippen LogP contribution in [0.15, 0.2) is 120 Å². The molecule has 200 valence electrons. The molecule has 0 bridgehead atoms. The lowest BCUT2D eigenvalue weighted by Gasteiger charge is -2.28. The molecule has 0 radical (unpaired) electrons. The second-order valence-corrected chi connectivity index (χ2v) is 14.5. The topological polar surface area (TPSA) is 92.3 Å². The molecule has 5 rings (SSSR count). The van der Waals surface area contributed by atoms with Crippen LogP contribution in [0.4, 0.5) is 0 Å². The fraction of sp³-hybridized carbons (Fsp3) is 0.194. The summed E-state index contributed by atoms with van der Waals surface area (Å²) in [6.45, 7) is 0.308. The van der Waals surface area contributed by atoms with Gasteiger partial charge >= 0.3 is 0 Å². The van der Waals surface area contributed by atoms with Crippen molar-refractivity contribution >= 4 is 33.6 Å². The molecule has 1 saturated carbocycles. The van der Waals surface area contributed by atoms with Gasteiger partial charge in [-0.2, -0.15) is 0 Å². The van der Waals surface area contributed by atoms with E-state index in [2.05, 4.69) is 10.4 Å². The van der Waals surface area contributed by atoms with Crippen molar-refractivity contribution in [1.82, 2.24) is 10.4 Å². The zero-order chi connectivity index (χ0) is 27.5. The molecule has 8 heteroatoms.